The van der Waals surface area contributed by atoms with Crippen molar-refractivity contribution in [3.05, 3.63) is 77.0 Å². The van der Waals surface area contributed by atoms with E-state index in [0.29, 0.717) is 22.4 Å². The molecule has 4 rings (SSSR count). The van der Waals surface area contributed by atoms with Gasteiger partial charge in [0.15, 0.2) is 5.65 Å². The standard InChI is InChI=1S/C22H19N3O2/c1-13-7-9-16(10-8-13)19-12-18(22(26)27)20-15(3)24-25(21(20)23-19)17-6-4-5-14(2)11-17/h4-12H,1-3H3,(H,26,27)/p-1. The Morgan fingerprint density at radius 2 is 1.70 bits per heavy atom. The average molecular weight is 356 g/mol. The van der Waals surface area contributed by atoms with E-state index in [1.165, 1.54) is 0 Å². The molecule has 0 amide bonds. The van der Waals surface area contributed by atoms with Crippen LogP contribution in [0.15, 0.2) is 54.6 Å². The molecule has 0 aliphatic carbocycles. The zero-order chi connectivity index (χ0) is 19.1. The van der Waals surface area contributed by atoms with E-state index in [2.05, 4.69) is 5.10 Å². The van der Waals surface area contributed by atoms with Crippen LogP contribution in [0.3, 0.4) is 0 Å². The van der Waals surface area contributed by atoms with Gasteiger partial charge in [-0.3, -0.25) is 0 Å². The fourth-order valence-corrected chi connectivity index (χ4v) is 3.26. The van der Waals surface area contributed by atoms with Crippen LogP contribution in [0.5, 0.6) is 0 Å². The molecule has 2 heterocycles. The predicted octanol–water partition coefficient (Wildman–Crippen LogP) is 3.38. The molecule has 0 saturated heterocycles. The van der Waals surface area contributed by atoms with Crippen LogP contribution in [-0.4, -0.2) is 20.7 Å². The summed E-state index contributed by atoms with van der Waals surface area (Å²) in [5, 5.41) is 16.9. The van der Waals surface area contributed by atoms with Crippen molar-refractivity contribution in [2.45, 2.75) is 20.8 Å². The molecule has 2 aromatic carbocycles. The summed E-state index contributed by atoms with van der Waals surface area (Å²) < 4.78 is 1.70. The number of carboxylic acid groups (broad SMARTS) is 1. The molecule has 0 radical (unpaired) electrons. The minimum absolute atomic E-state index is 0.104. The Kier molecular flexibility index (Phi) is 4.00. The molecule has 5 nitrogen and oxygen atoms in total. The van der Waals surface area contributed by atoms with Gasteiger partial charge in [0.2, 0.25) is 0 Å². The maximum atomic E-state index is 11.8. The highest BCUT2D eigenvalue weighted by molar-refractivity contribution is 6.03. The molecule has 2 aromatic heterocycles. The molecule has 0 fully saturated rings. The predicted molar refractivity (Wildman–Crippen MR) is 103 cm³/mol. The Bertz CT molecular complexity index is 1170. The molecule has 134 valence electrons. The number of hydrogen-bond acceptors (Lipinski definition) is 4. The molecular formula is C22H18N3O2-. The lowest BCUT2D eigenvalue weighted by Crippen LogP contribution is -2.23. The molecule has 0 bridgehead atoms. The summed E-state index contributed by atoms with van der Waals surface area (Å²) in [5.74, 6) is -1.23. The lowest BCUT2D eigenvalue weighted by molar-refractivity contribution is -0.254. The third-order valence-corrected chi connectivity index (χ3v) is 4.63. The van der Waals surface area contributed by atoms with E-state index in [9.17, 15) is 9.90 Å². The minimum atomic E-state index is -1.23. The number of hydrogen-bond donors (Lipinski definition) is 0. The second-order valence-corrected chi connectivity index (χ2v) is 6.74. The average Bonchev–Trinajstić information content (AvgIpc) is 2.98. The number of carbonyl (C=O) groups is 1. The van der Waals surface area contributed by atoms with Crippen LogP contribution in [0.1, 0.15) is 27.2 Å². The van der Waals surface area contributed by atoms with Crippen molar-refractivity contribution in [3.63, 3.8) is 0 Å². The van der Waals surface area contributed by atoms with Gasteiger partial charge in [0.1, 0.15) is 0 Å². The van der Waals surface area contributed by atoms with Gasteiger partial charge in [-0.1, -0.05) is 42.0 Å². The van der Waals surface area contributed by atoms with Gasteiger partial charge < -0.3 is 9.90 Å². The Morgan fingerprint density at radius 3 is 2.37 bits per heavy atom. The van der Waals surface area contributed by atoms with Crippen LogP contribution < -0.4 is 5.11 Å². The van der Waals surface area contributed by atoms with E-state index < -0.39 is 5.97 Å². The van der Waals surface area contributed by atoms with Gasteiger partial charge in [-0.2, -0.15) is 5.10 Å². The highest BCUT2D eigenvalue weighted by Gasteiger charge is 2.17. The molecule has 4 aromatic rings. The maximum Gasteiger partial charge on any atom is 0.164 e. The first-order valence-corrected chi connectivity index (χ1v) is 8.70. The number of benzene rings is 2. The van der Waals surface area contributed by atoms with Crippen molar-refractivity contribution in [2.75, 3.05) is 0 Å². The highest BCUT2D eigenvalue weighted by atomic mass is 16.4. The first-order chi connectivity index (χ1) is 12.9. The summed E-state index contributed by atoms with van der Waals surface area (Å²) >= 11 is 0. The Balaban J connectivity index is 2.04. The van der Waals surface area contributed by atoms with E-state index in [1.54, 1.807) is 17.7 Å². The van der Waals surface area contributed by atoms with Gasteiger partial charge in [0.25, 0.3) is 0 Å². The number of aromatic carboxylic acids is 1. The van der Waals surface area contributed by atoms with E-state index >= 15 is 0 Å². The Hall–Kier alpha value is -3.47. The van der Waals surface area contributed by atoms with Gasteiger partial charge in [-0.15, -0.1) is 0 Å². The number of fused-ring (bicyclic) bond motifs is 1. The summed E-state index contributed by atoms with van der Waals surface area (Å²) in [6, 6.07) is 17.2. The number of nitrogens with zero attached hydrogens (tertiary/aromatic N) is 3. The normalized spacial score (nSPS) is 11.1. The first-order valence-electron chi connectivity index (χ1n) is 8.70. The quantitative estimate of drug-likeness (QED) is 0.564. The van der Waals surface area contributed by atoms with E-state index in [0.717, 1.165) is 22.4 Å². The second-order valence-electron chi connectivity index (χ2n) is 6.74. The lowest BCUT2D eigenvalue weighted by Gasteiger charge is -2.10. The van der Waals surface area contributed by atoms with Gasteiger partial charge in [-0.25, -0.2) is 9.67 Å². The number of pyridine rings is 1. The summed E-state index contributed by atoms with van der Waals surface area (Å²) in [6.45, 7) is 5.79. The van der Waals surface area contributed by atoms with Gasteiger partial charge in [0.05, 0.1) is 28.4 Å². The summed E-state index contributed by atoms with van der Waals surface area (Å²) in [6.07, 6.45) is 0. The topological polar surface area (TPSA) is 70.8 Å². The minimum Gasteiger partial charge on any atom is -0.545 e. The van der Waals surface area contributed by atoms with Gasteiger partial charge in [-0.05, 0) is 44.5 Å². The van der Waals surface area contributed by atoms with Crippen LogP contribution >= 0.6 is 0 Å². The SMILES string of the molecule is Cc1ccc(-c2cc(C(=O)[O-])c3c(C)nn(-c4cccc(C)c4)c3n2)cc1. The number of carboxylic acids is 1. The highest BCUT2D eigenvalue weighted by Crippen LogP contribution is 2.28. The molecule has 0 aliphatic rings. The fraction of sp³-hybridized carbons (Fsp3) is 0.136. The van der Waals surface area contributed by atoms with Crippen molar-refractivity contribution in [1.82, 2.24) is 14.8 Å². The van der Waals surface area contributed by atoms with Crippen molar-refractivity contribution >= 4 is 17.0 Å². The van der Waals surface area contributed by atoms with E-state index in [-0.39, 0.29) is 5.56 Å². The summed E-state index contributed by atoms with van der Waals surface area (Å²) in [5.41, 5.74) is 5.70. The first kappa shape index (κ1) is 17.0. The van der Waals surface area contributed by atoms with Crippen LogP contribution in [0.25, 0.3) is 28.0 Å². The third kappa shape index (κ3) is 2.97. The molecule has 0 N–H and O–H groups in total. The van der Waals surface area contributed by atoms with E-state index in [1.807, 2.05) is 62.4 Å². The summed E-state index contributed by atoms with van der Waals surface area (Å²) in [4.78, 5) is 16.6. The second kappa shape index (κ2) is 6.36. The van der Waals surface area contributed by atoms with Crippen LogP contribution in [0, 0.1) is 20.8 Å². The van der Waals surface area contributed by atoms with Crippen molar-refractivity contribution in [3.8, 4) is 16.9 Å². The summed E-state index contributed by atoms with van der Waals surface area (Å²) in [7, 11) is 0. The molecular weight excluding hydrogens is 338 g/mol. The molecule has 27 heavy (non-hydrogen) atoms. The molecule has 0 aliphatic heterocycles. The molecule has 5 heteroatoms. The number of rotatable bonds is 3. The van der Waals surface area contributed by atoms with Crippen molar-refractivity contribution < 1.29 is 9.90 Å². The lowest BCUT2D eigenvalue weighted by atomic mass is 10.0. The fourth-order valence-electron chi connectivity index (χ4n) is 3.26. The van der Waals surface area contributed by atoms with Crippen LogP contribution in [0.4, 0.5) is 0 Å². The maximum absolute atomic E-state index is 11.8. The molecule has 0 unspecified atom stereocenters. The molecule has 0 atom stereocenters. The van der Waals surface area contributed by atoms with Crippen LogP contribution in [-0.2, 0) is 0 Å². The molecule has 0 spiro atoms. The smallest absolute Gasteiger partial charge is 0.164 e. The number of carbonyl (C=O) groups excluding carboxylic acids is 1. The number of aryl methyl sites for hydroxylation is 3. The third-order valence-electron chi connectivity index (χ3n) is 4.63. The largest absolute Gasteiger partial charge is 0.545 e. The monoisotopic (exact) mass is 356 g/mol. The number of aromatic nitrogens is 3. The zero-order valence-corrected chi connectivity index (χ0v) is 15.4. The van der Waals surface area contributed by atoms with Crippen molar-refractivity contribution in [1.29, 1.82) is 0 Å². The van der Waals surface area contributed by atoms with Crippen LogP contribution in [0.2, 0.25) is 0 Å². The molecule has 0 saturated carbocycles. The van der Waals surface area contributed by atoms with Crippen molar-refractivity contribution in [2.24, 2.45) is 0 Å². The van der Waals surface area contributed by atoms with Gasteiger partial charge in [0, 0.05) is 11.1 Å². The Labute approximate surface area is 156 Å². The van der Waals surface area contributed by atoms with E-state index in [4.69, 9.17) is 4.98 Å². The van der Waals surface area contributed by atoms with Gasteiger partial charge >= 0.3 is 0 Å². The zero-order valence-electron chi connectivity index (χ0n) is 15.4. The Morgan fingerprint density at radius 1 is 0.963 bits per heavy atom.